The van der Waals surface area contributed by atoms with E-state index in [9.17, 15) is 14.4 Å². The average molecular weight is 456 g/mol. The molecule has 5 N–H and O–H groups in total. The highest BCUT2D eigenvalue weighted by Gasteiger charge is 2.42. The Morgan fingerprint density at radius 1 is 0.871 bits per heavy atom. The van der Waals surface area contributed by atoms with Gasteiger partial charge in [-0.3, -0.25) is 9.59 Å². The summed E-state index contributed by atoms with van der Waals surface area (Å²) in [5, 5.41) is 15.5. The van der Waals surface area contributed by atoms with Gasteiger partial charge < -0.3 is 26.6 Å². The Hall–Kier alpha value is -1.48. The smallest absolute Gasteiger partial charge is 0.315 e. The molecule has 2 fully saturated rings. The van der Waals surface area contributed by atoms with E-state index in [0.29, 0.717) is 24.6 Å². The van der Waals surface area contributed by atoms with Crippen LogP contribution in [-0.2, 0) is 9.59 Å². The second-order valence-electron chi connectivity index (χ2n) is 8.54. The first-order valence-electron chi connectivity index (χ1n) is 12.0. The van der Waals surface area contributed by atoms with Crippen molar-refractivity contribution in [3.05, 3.63) is 0 Å². The molecule has 0 aromatic rings. The SMILES string of the molecule is CNCCCCCNC(=O)CCCCCNC(=O)CCCCC1SC[C@@H]2NC(=O)N[C@H]12. The van der Waals surface area contributed by atoms with Gasteiger partial charge in [0, 0.05) is 36.9 Å². The maximum absolute atomic E-state index is 12.0. The summed E-state index contributed by atoms with van der Waals surface area (Å²) in [5.74, 6) is 1.23. The predicted molar refractivity (Wildman–Crippen MR) is 126 cm³/mol. The lowest BCUT2D eigenvalue weighted by Gasteiger charge is -2.16. The van der Waals surface area contributed by atoms with Gasteiger partial charge in [0.15, 0.2) is 0 Å². The molecular formula is C22H41N5O3S. The summed E-state index contributed by atoms with van der Waals surface area (Å²) >= 11 is 1.92. The van der Waals surface area contributed by atoms with E-state index < -0.39 is 0 Å². The fourth-order valence-electron chi connectivity index (χ4n) is 4.10. The van der Waals surface area contributed by atoms with Crippen molar-refractivity contribution in [2.75, 3.05) is 32.4 Å². The van der Waals surface area contributed by atoms with Crippen LogP contribution < -0.4 is 26.6 Å². The van der Waals surface area contributed by atoms with Gasteiger partial charge in [-0.2, -0.15) is 11.8 Å². The van der Waals surface area contributed by atoms with E-state index in [4.69, 9.17) is 0 Å². The van der Waals surface area contributed by atoms with E-state index >= 15 is 0 Å². The van der Waals surface area contributed by atoms with Crippen LogP contribution in [0.4, 0.5) is 4.79 Å². The topological polar surface area (TPSA) is 111 Å². The van der Waals surface area contributed by atoms with Gasteiger partial charge >= 0.3 is 6.03 Å². The van der Waals surface area contributed by atoms with E-state index in [1.165, 1.54) is 0 Å². The monoisotopic (exact) mass is 455 g/mol. The van der Waals surface area contributed by atoms with Gasteiger partial charge in [-0.05, 0) is 52.1 Å². The third-order valence-corrected chi connectivity index (χ3v) is 7.42. The fraction of sp³-hybridized carbons (Fsp3) is 0.864. The minimum atomic E-state index is -0.0453. The number of urea groups is 1. The van der Waals surface area contributed by atoms with Crippen LogP contribution in [0.25, 0.3) is 0 Å². The number of hydrogen-bond donors (Lipinski definition) is 5. The van der Waals surface area contributed by atoms with Gasteiger partial charge in [0.25, 0.3) is 0 Å². The molecule has 0 radical (unpaired) electrons. The lowest BCUT2D eigenvalue weighted by Crippen LogP contribution is -2.36. The Bertz CT molecular complexity index is 563. The Morgan fingerprint density at radius 2 is 1.48 bits per heavy atom. The largest absolute Gasteiger partial charge is 0.356 e. The van der Waals surface area contributed by atoms with Crippen molar-refractivity contribution in [3.63, 3.8) is 0 Å². The molecule has 3 atom stereocenters. The second kappa shape index (κ2) is 15.3. The first-order chi connectivity index (χ1) is 15.1. The van der Waals surface area contributed by atoms with Crippen LogP contribution in [0.15, 0.2) is 0 Å². The molecule has 0 aliphatic carbocycles. The number of carbonyl (C=O) groups is 3. The van der Waals surface area contributed by atoms with Crippen LogP contribution >= 0.6 is 11.8 Å². The number of thioether (sulfide) groups is 1. The van der Waals surface area contributed by atoms with Crippen LogP contribution in [0.2, 0.25) is 0 Å². The zero-order valence-corrected chi connectivity index (χ0v) is 19.8. The van der Waals surface area contributed by atoms with E-state index in [2.05, 4.69) is 26.6 Å². The van der Waals surface area contributed by atoms with Gasteiger partial charge in [-0.15, -0.1) is 0 Å². The second-order valence-corrected chi connectivity index (χ2v) is 9.81. The van der Waals surface area contributed by atoms with Crippen molar-refractivity contribution in [1.82, 2.24) is 26.6 Å². The molecule has 1 unspecified atom stereocenters. The molecule has 2 saturated heterocycles. The van der Waals surface area contributed by atoms with E-state index in [-0.39, 0.29) is 29.9 Å². The minimum Gasteiger partial charge on any atom is -0.356 e. The maximum Gasteiger partial charge on any atom is 0.315 e. The lowest BCUT2D eigenvalue weighted by molar-refractivity contribution is -0.122. The molecule has 2 rings (SSSR count). The summed E-state index contributed by atoms with van der Waals surface area (Å²) in [6.07, 6.45) is 10.1. The van der Waals surface area contributed by atoms with Crippen LogP contribution in [0.5, 0.6) is 0 Å². The van der Waals surface area contributed by atoms with E-state index in [0.717, 1.165) is 76.6 Å². The number of hydrogen-bond acceptors (Lipinski definition) is 5. The van der Waals surface area contributed by atoms with Gasteiger partial charge in [0.1, 0.15) is 0 Å². The summed E-state index contributed by atoms with van der Waals surface area (Å²) in [6, 6.07) is 0.470. The van der Waals surface area contributed by atoms with Crippen molar-refractivity contribution >= 4 is 29.6 Å². The number of carbonyl (C=O) groups excluding carboxylic acids is 3. The van der Waals surface area contributed by atoms with Crippen LogP contribution in [0, 0.1) is 0 Å². The molecule has 0 aromatic carbocycles. The molecule has 0 saturated carbocycles. The first-order valence-corrected chi connectivity index (χ1v) is 13.0. The maximum atomic E-state index is 12.0. The van der Waals surface area contributed by atoms with Crippen molar-refractivity contribution in [2.24, 2.45) is 0 Å². The molecule has 31 heavy (non-hydrogen) atoms. The highest BCUT2D eigenvalue weighted by molar-refractivity contribution is 8.00. The van der Waals surface area contributed by atoms with Crippen LogP contribution in [-0.4, -0.2) is 67.6 Å². The minimum absolute atomic E-state index is 0.0453. The Labute approximate surface area is 191 Å². The highest BCUT2D eigenvalue weighted by atomic mass is 32.2. The van der Waals surface area contributed by atoms with Gasteiger partial charge in [-0.1, -0.05) is 19.3 Å². The molecule has 0 aromatic heterocycles. The van der Waals surface area contributed by atoms with Crippen molar-refractivity contribution in [2.45, 2.75) is 88.0 Å². The number of rotatable bonds is 17. The number of nitrogens with one attached hydrogen (secondary N) is 5. The summed E-state index contributed by atoms with van der Waals surface area (Å²) in [5.41, 5.74) is 0. The summed E-state index contributed by atoms with van der Waals surface area (Å²) in [7, 11) is 1.95. The molecule has 0 bridgehead atoms. The average Bonchev–Trinajstić information content (AvgIpc) is 3.29. The fourth-order valence-corrected chi connectivity index (χ4v) is 5.64. The number of amides is 4. The highest BCUT2D eigenvalue weighted by Crippen LogP contribution is 2.33. The first kappa shape index (κ1) is 25.8. The van der Waals surface area contributed by atoms with Crippen LogP contribution in [0.3, 0.4) is 0 Å². The summed E-state index contributed by atoms with van der Waals surface area (Å²) in [6.45, 7) is 2.49. The molecule has 2 aliphatic rings. The summed E-state index contributed by atoms with van der Waals surface area (Å²) in [4.78, 5) is 35.1. The number of fused-ring (bicyclic) bond motifs is 1. The van der Waals surface area contributed by atoms with E-state index in [1.807, 2.05) is 18.8 Å². The lowest BCUT2D eigenvalue weighted by atomic mass is 10.0. The molecule has 8 nitrogen and oxygen atoms in total. The van der Waals surface area contributed by atoms with Crippen LogP contribution in [0.1, 0.15) is 70.6 Å². The third-order valence-electron chi connectivity index (χ3n) is 5.91. The predicted octanol–water partition coefficient (Wildman–Crippen LogP) is 1.89. The Morgan fingerprint density at radius 3 is 2.16 bits per heavy atom. The summed E-state index contributed by atoms with van der Waals surface area (Å²) < 4.78 is 0. The molecule has 4 amide bonds. The Kier molecular flexibility index (Phi) is 12.8. The van der Waals surface area contributed by atoms with Gasteiger partial charge in [-0.25, -0.2) is 4.79 Å². The Balaban J connectivity index is 1.35. The zero-order valence-electron chi connectivity index (χ0n) is 19.0. The molecular weight excluding hydrogens is 414 g/mol. The normalized spacial score (nSPS) is 22.0. The molecule has 178 valence electrons. The zero-order chi connectivity index (χ0) is 22.3. The molecule has 2 heterocycles. The van der Waals surface area contributed by atoms with E-state index in [1.54, 1.807) is 0 Å². The van der Waals surface area contributed by atoms with Gasteiger partial charge in [0.05, 0.1) is 12.1 Å². The standard InChI is InChI=1S/C22H41N5O3S/c1-23-13-7-3-9-15-25-19(28)11-4-2-8-14-24-20(29)12-6-5-10-18-21-17(16-31-18)26-22(30)27-21/h17-18,21,23H,2-16H2,1H3,(H,24,29)(H,25,28)(H2,26,27,30)/t17-,18?,21-/m0/s1. The molecule has 9 heteroatoms. The third kappa shape index (κ3) is 10.6. The number of unbranched alkanes of at least 4 members (excludes halogenated alkanes) is 5. The molecule has 0 spiro atoms. The molecule has 2 aliphatic heterocycles. The van der Waals surface area contributed by atoms with Crippen molar-refractivity contribution < 1.29 is 14.4 Å². The van der Waals surface area contributed by atoms with Crippen molar-refractivity contribution in [3.8, 4) is 0 Å². The van der Waals surface area contributed by atoms with Gasteiger partial charge in [0.2, 0.25) is 11.8 Å². The quantitative estimate of drug-likeness (QED) is 0.170. The van der Waals surface area contributed by atoms with Crippen molar-refractivity contribution in [1.29, 1.82) is 0 Å².